The Kier molecular flexibility index (Phi) is 2.87. The zero-order valence-corrected chi connectivity index (χ0v) is 8.19. The number of hydrogen-bond donors (Lipinski definition) is 1. The monoisotopic (exact) mass is 196 g/mol. The van der Waals surface area contributed by atoms with Crippen LogP contribution in [0.5, 0.6) is 0 Å². The smallest absolute Gasteiger partial charge is 0.309 e. The highest BCUT2D eigenvalue weighted by Crippen LogP contribution is 2.43. The van der Waals surface area contributed by atoms with Crippen LogP contribution in [0.1, 0.15) is 19.3 Å². The minimum Gasteiger partial charge on any atom is -0.465 e. The molecule has 3 unspecified atom stereocenters. The topological polar surface area (TPSA) is 46.5 Å². The molecule has 2 aliphatic carbocycles. The molecule has 3 heteroatoms. The zero-order chi connectivity index (χ0) is 9.97. The summed E-state index contributed by atoms with van der Waals surface area (Å²) in [6.07, 6.45) is 6.98. The number of esters is 1. The molecule has 0 heterocycles. The van der Waals surface area contributed by atoms with Crippen molar-refractivity contribution in [2.24, 2.45) is 17.8 Å². The first-order valence-electron chi connectivity index (χ1n) is 5.27. The number of aliphatic hydroxyl groups excluding tert-OH is 1. The van der Waals surface area contributed by atoms with Gasteiger partial charge >= 0.3 is 5.97 Å². The van der Waals surface area contributed by atoms with Gasteiger partial charge in [-0.15, -0.1) is 0 Å². The number of aliphatic hydroxyl groups is 1. The summed E-state index contributed by atoms with van der Waals surface area (Å²) in [6, 6.07) is 0. The van der Waals surface area contributed by atoms with Crippen molar-refractivity contribution in [1.82, 2.24) is 0 Å². The van der Waals surface area contributed by atoms with Crippen molar-refractivity contribution in [3.63, 3.8) is 0 Å². The number of fused-ring (bicyclic) bond motifs is 2. The van der Waals surface area contributed by atoms with E-state index >= 15 is 0 Å². The minimum atomic E-state index is -0.0738. The predicted octanol–water partition coefficient (Wildman–Crippen LogP) is 1.12. The molecule has 0 radical (unpaired) electrons. The highest BCUT2D eigenvalue weighted by Gasteiger charge is 2.40. The van der Waals surface area contributed by atoms with Crippen LogP contribution in [0.3, 0.4) is 0 Å². The van der Waals surface area contributed by atoms with Gasteiger partial charge in [-0.2, -0.15) is 0 Å². The van der Waals surface area contributed by atoms with Crippen molar-refractivity contribution in [3.8, 4) is 0 Å². The third-order valence-corrected chi connectivity index (χ3v) is 3.13. The van der Waals surface area contributed by atoms with Crippen LogP contribution in [0.2, 0.25) is 0 Å². The molecule has 0 aliphatic heterocycles. The van der Waals surface area contributed by atoms with Crippen LogP contribution in [0.4, 0.5) is 0 Å². The van der Waals surface area contributed by atoms with Gasteiger partial charge in [0.2, 0.25) is 0 Å². The van der Waals surface area contributed by atoms with E-state index in [2.05, 4.69) is 12.2 Å². The number of carbonyl (C=O) groups is 1. The van der Waals surface area contributed by atoms with E-state index in [-0.39, 0.29) is 18.5 Å². The number of hydrogen-bond acceptors (Lipinski definition) is 3. The first kappa shape index (κ1) is 9.71. The van der Waals surface area contributed by atoms with Crippen LogP contribution in [-0.2, 0) is 9.53 Å². The number of carbonyl (C=O) groups excluding carboxylic acids is 1. The summed E-state index contributed by atoms with van der Waals surface area (Å²) >= 11 is 0. The lowest BCUT2D eigenvalue weighted by atomic mass is 9.94. The van der Waals surface area contributed by atoms with Crippen molar-refractivity contribution >= 4 is 5.97 Å². The SMILES string of the molecule is O=C(OCCCO)C1CC2C=CC1C2. The van der Waals surface area contributed by atoms with Crippen molar-refractivity contribution in [1.29, 1.82) is 0 Å². The molecule has 0 aromatic rings. The second-order valence-electron chi connectivity index (χ2n) is 4.13. The Hall–Kier alpha value is -0.830. The lowest BCUT2D eigenvalue weighted by molar-refractivity contribution is -0.149. The summed E-state index contributed by atoms with van der Waals surface area (Å²) < 4.78 is 5.09. The maximum absolute atomic E-state index is 11.6. The number of ether oxygens (including phenoxy) is 1. The molecule has 14 heavy (non-hydrogen) atoms. The second-order valence-corrected chi connectivity index (χ2v) is 4.13. The van der Waals surface area contributed by atoms with Crippen LogP contribution in [0, 0.1) is 17.8 Å². The lowest BCUT2D eigenvalue weighted by Gasteiger charge is -2.16. The summed E-state index contributed by atoms with van der Waals surface area (Å²) in [5.74, 6) is 1.04. The summed E-state index contributed by atoms with van der Waals surface area (Å²) in [4.78, 5) is 11.6. The third-order valence-electron chi connectivity index (χ3n) is 3.13. The number of rotatable bonds is 4. The molecule has 0 amide bonds. The third kappa shape index (κ3) is 1.82. The van der Waals surface area contributed by atoms with E-state index in [9.17, 15) is 4.79 Å². The fourth-order valence-electron chi connectivity index (χ4n) is 2.40. The molecule has 1 fully saturated rings. The summed E-state index contributed by atoms with van der Waals surface area (Å²) in [7, 11) is 0. The molecule has 3 nitrogen and oxygen atoms in total. The highest BCUT2D eigenvalue weighted by atomic mass is 16.5. The van der Waals surface area contributed by atoms with Gasteiger partial charge in [-0.1, -0.05) is 12.2 Å². The normalized spacial score (nSPS) is 33.6. The fraction of sp³-hybridized carbons (Fsp3) is 0.727. The van der Waals surface area contributed by atoms with Crippen molar-refractivity contribution < 1.29 is 14.6 Å². The molecule has 3 atom stereocenters. The first-order chi connectivity index (χ1) is 6.81. The molecule has 78 valence electrons. The minimum absolute atomic E-state index is 0.0738. The highest BCUT2D eigenvalue weighted by molar-refractivity contribution is 5.74. The Bertz CT molecular complexity index is 247. The largest absolute Gasteiger partial charge is 0.465 e. The zero-order valence-electron chi connectivity index (χ0n) is 8.19. The van der Waals surface area contributed by atoms with Crippen molar-refractivity contribution in [2.45, 2.75) is 19.3 Å². The maximum Gasteiger partial charge on any atom is 0.309 e. The van der Waals surface area contributed by atoms with Gasteiger partial charge in [-0.3, -0.25) is 4.79 Å². The molecular weight excluding hydrogens is 180 g/mol. The van der Waals surface area contributed by atoms with Crippen LogP contribution in [-0.4, -0.2) is 24.3 Å². The molecular formula is C11H16O3. The van der Waals surface area contributed by atoms with E-state index in [0.717, 1.165) is 12.8 Å². The van der Waals surface area contributed by atoms with Gasteiger partial charge in [-0.25, -0.2) is 0 Å². The molecule has 0 aromatic heterocycles. The quantitative estimate of drug-likeness (QED) is 0.416. The number of allylic oxidation sites excluding steroid dienone is 2. The average molecular weight is 196 g/mol. The van der Waals surface area contributed by atoms with Gasteiger partial charge in [-0.05, 0) is 24.7 Å². The van der Waals surface area contributed by atoms with Crippen LogP contribution < -0.4 is 0 Å². The Labute approximate surface area is 83.8 Å². The van der Waals surface area contributed by atoms with Crippen LogP contribution >= 0.6 is 0 Å². The van der Waals surface area contributed by atoms with Gasteiger partial charge < -0.3 is 9.84 Å². The standard InChI is InChI=1S/C11H16O3/c12-4-1-5-14-11(13)10-7-8-2-3-9(10)6-8/h2-3,8-10,12H,1,4-7H2. The summed E-state index contributed by atoms with van der Waals surface area (Å²) in [5.41, 5.74) is 0. The maximum atomic E-state index is 11.6. The predicted molar refractivity (Wildman–Crippen MR) is 51.5 cm³/mol. The Morgan fingerprint density at radius 1 is 1.43 bits per heavy atom. The molecule has 0 aromatic carbocycles. The van der Waals surface area contributed by atoms with Gasteiger partial charge in [0.05, 0.1) is 12.5 Å². The fourth-order valence-corrected chi connectivity index (χ4v) is 2.40. The first-order valence-corrected chi connectivity index (χ1v) is 5.27. The van der Waals surface area contributed by atoms with Crippen LogP contribution in [0.25, 0.3) is 0 Å². The summed E-state index contributed by atoms with van der Waals surface area (Å²) in [6.45, 7) is 0.441. The van der Waals surface area contributed by atoms with Gasteiger partial charge in [0.15, 0.2) is 0 Å². The molecule has 2 bridgehead atoms. The van der Waals surface area contributed by atoms with E-state index in [0.29, 0.717) is 24.9 Å². The van der Waals surface area contributed by atoms with E-state index < -0.39 is 0 Å². The molecule has 2 aliphatic rings. The van der Waals surface area contributed by atoms with E-state index in [1.807, 2.05) is 0 Å². The molecule has 2 rings (SSSR count). The lowest BCUT2D eigenvalue weighted by Crippen LogP contribution is -2.22. The molecule has 0 saturated heterocycles. The van der Waals surface area contributed by atoms with E-state index in [1.165, 1.54) is 0 Å². The van der Waals surface area contributed by atoms with E-state index in [4.69, 9.17) is 9.84 Å². The van der Waals surface area contributed by atoms with Gasteiger partial charge in [0.1, 0.15) is 0 Å². The molecule has 1 N–H and O–H groups in total. The second kappa shape index (κ2) is 4.13. The van der Waals surface area contributed by atoms with E-state index in [1.54, 1.807) is 0 Å². The molecule has 1 saturated carbocycles. The summed E-state index contributed by atoms with van der Waals surface area (Å²) in [5, 5.41) is 8.55. The van der Waals surface area contributed by atoms with Crippen molar-refractivity contribution in [3.05, 3.63) is 12.2 Å². The Balaban J connectivity index is 1.79. The van der Waals surface area contributed by atoms with Gasteiger partial charge in [0.25, 0.3) is 0 Å². The van der Waals surface area contributed by atoms with Crippen molar-refractivity contribution in [2.75, 3.05) is 13.2 Å². The molecule has 0 spiro atoms. The average Bonchev–Trinajstić information content (AvgIpc) is 2.79. The Morgan fingerprint density at radius 3 is 2.86 bits per heavy atom. The Morgan fingerprint density at radius 2 is 2.29 bits per heavy atom. The van der Waals surface area contributed by atoms with Gasteiger partial charge in [0, 0.05) is 13.0 Å². The van der Waals surface area contributed by atoms with Crippen LogP contribution in [0.15, 0.2) is 12.2 Å².